The first-order chi connectivity index (χ1) is 11.4. The average molecular weight is 332 g/mol. The largest absolute Gasteiger partial charge is 0.493 e. The van der Waals surface area contributed by atoms with Crippen molar-refractivity contribution >= 4 is 5.91 Å². The van der Waals surface area contributed by atoms with Crippen molar-refractivity contribution in [3.05, 3.63) is 23.8 Å². The topological polar surface area (TPSA) is 50.8 Å². The van der Waals surface area contributed by atoms with Gasteiger partial charge in [0.25, 0.3) is 5.91 Å². The van der Waals surface area contributed by atoms with Crippen LogP contribution in [0.25, 0.3) is 0 Å². The van der Waals surface area contributed by atoms with Crippen molar-refractivity contribution < 1.29 is 14.3 Å². The second-order valence-corrected chi connectivity index (χ2v) is 5.97. The molecule has 0 aliphatic carbocycles. The van der Waals surface area contributed by atoms with Crippen LogP contribution in [0.5, 0.6) is 11.5 Å². The van der Waals surface area contributed by atoms with Gasteiger partial charge in [-0.2, -0.15) is 0 Å². The predicted molar refractivity (Wildman–Crippen MR) is 96.6 cm³/mol. The smallest absolute Gasteiger partial charge is 0.252 e. The Balaban J connectivity index is 2.57. The van der Waals surface area contributed by atoms with Crippen LogP contribution in [-0.2, 0) is 0 Å². The number of rotatable bonds is 7. The molecule has 24 heavy (non-hydrogen) atoms. The van der Waals surface area contributed by atoms with Gasteiger partial charge in [-0.15, -0.1) is 0 Å². The van der Waals surface area contributed by atoms with E-state index >= 15 is 0 Å². The van der Waals surface area contributed by atoms with Gasteiger partial charge >= 0.3 is 0 Å². The molecule has 1 rings (SSSR count). The summed E-state index contributed by atoms with van der Waals surface area (Å²) in [6.45, 7) is 9.63. The molecule has 0 atom stereocenters. The van der Waals surface area contributed by atoms with E-state index in [1.807, 2.05) is 0 Å². The molecule has 0 aromatic heterocycles. The highest BCUT2D eigenvalue weighted by Crippen LogP contribution is 2.27. The molecule has 0 heterocycles. The molecule has 5 nitrogen and oxygen atoms in total. The van der Waals surface area contributed by atoms with Crippen molar-refractivity contribution in [2.45, 2.75) is 39.8 Å². The van der Waals surface area contributed by atoms with Gasteiger partial charge in [0.15, 0.2) is 11.5 Å². The maximum Gasteiger partial charge on any atom is 0.252 e. The summed E-state index contributed by atoms with van der Waals surface area (Å²) in [4.78, 5) is 14.4. The van der Waals surface area contributed by atoms with Crippen LogP contribution in [0.4, 0.5) is 0 Å². The number of benzene rings is 1. The van der Waals surface area contributed by atoms with Crippen molar-refractivity contribution in [1.82, 2.24) is 10.2 Å². The molecule has 0 radical (unpaired) electrons. The van der Waals surface area contributed by atoms with Crippen LogP contribution in [0.1, 0.15) is 38.1 Å². The quantitative estimate of drug-likeness (QED) is 0.780. The Bertz CT molecular complexity index is 592. The molecule has 1 aromatic rings. The second-order valence-electron chi connectivity index (χ2n) is 5.97. The molecule has 1 aromatic carbocycles. The third-order valence-corrected chi connectivity index (χ3v) is 3.70. The maximum atomic E-state index is 12.1. The van der Waals surface area contributed by atoms with Gasteiger partial charge in [-0.25, -0.2) is 0 Å². The van der Waals surface area contributed by atoms with E-state index in [9.17, 15) is 4.79 Å². The van der Waals surface area contributed by atoms with Gasteiger partial charge in [0.05, 0.1) is 27.3 Å². The van der Waals surface area contributed by atoms with Gasteiger partial charge in [-0.3, -0.25) is 9.69 Å². The molecule has 0 aliphatic heterocycles. The van der Waals surface area contributed by atoms with E-state index in [1.54, 1.807) is 32.4 Å². The lowest BCUT2D eigenvalue weighted by atomic mass is 10.2. The number of amides is 1. The van der Waals surface area contributed by atoms with E-state index < -0.39 is 0 Å². The van der Waals surface area contributed by atoms with E-state index in [2.05, 4.69) is 49.8 Å². The summed E-state index contributed by atoms with van der Waals surface area (Å²) >= 11 is 0. The fraction of sp³-hybridized carbons (Fsp3) is 0.526. The van der Waals surface area contributed by atoms with Crippen molar-refractivity contribution in [3.63, 3.8) is 0 Å². The number of nitrogens with zero attached hydrogens (tertiary/aromatic N) is 1. The number of carbonyl (C=O) groups excluding carboxylic acids is 1. The molecule has 0 fully saturated rings. The van der Waals surface area contributed by atoms with E-state index in [0.717, 1.165) is 0 Å². The minimum Gasteiger partial charge on any atom is -0.493 e. The van der Waals surface area contributed by atoms with E-state index in [1.165, 1.54) is 0 Å². The van der Waals surface area contributed by atoms with Crippen molar-refractivity contribution in [2.75, 3.05) is 27.3 Å². The summed E-state index contributed by atoms with van der Waals surface area (Å²) in [6.07, 6.45) is 0. The summed E-state index contributed by atoms with van der Waals surface area (Å²) in [7, 11) is 3.10. The zero-order chi connectivity index (χ0) is 18.1. The van der Waals surface area contributed by atoms with Crippen molar-refractivity contribution in [1.29, 1.82) is 0 Å². The molecule has 0 aliphatic rings. The Kier molecular flexibility index (Phi) is 8.14. The van der Waals surface area contributed by atoms with Crippen LogP contribution >= 0.6 is 0 Å². The number of carbonyl (C=O) groups is 1. The Hall–Kier alpha value is -2.19. The molecular weight excluding hydrogens is 304 g/mol. The highest BCUT2D eigenvalue weighted by molar-refractivity contribution is 5.95. The standard InChI is InChI=1S/C19H28N2O3/c1-14(2)21(15(3)4)12-8-7-11-20-19(22)16-9-10-17(23-5)18(13-16)24-6/h9-10,13-15H,11-12H2,1-6H3,(H,20,22). The van der Waals surface area contributed by atoms with Gasteiger partial charge in [0.1, 0.15) is 0 Å². The maximum absolute atomic E-state index is 12.1. The molecule has 132 valence electrons. The number of ether oxygens (including phenoxy) is 2. The van der Waals surface area contributed by atoms with Crippen LogP contribution < -0.4 is 14.8 Å². The van der Waals surface area contributed by atoms with Crippen LogP contribution in [0.2, 0.25) is 0 Å². The SMILES string of the molecule is COc1ccc(C(=O)NCC#CCN(C(C)C)C(C)C)cc1OC. The first kappa shape index (κ1) is 19.9. The molecule has 5 heteroatoms. The summed E-state index contributed by atoms with van der Waals surface area (Å²) in [5.74, 6) is 7.05. The van der Waals surface area contributed by atoms with Gasteiger partial charge in [0, 0.05) is 17.6 Å². The molecule has 0 spiro atoms. The molecule has 0 unspecified atom stereocenters. The molecule has 0 saturated carbocycles. The average Bonchev–Trinajstić information content (AvgIpc) is 2.56. The molecule has 1 N–H and O–H groups in total. The first-order valence-electron chi connectivity index (χ1n) is 8.12. The summed E-state index contributed by atoms with van der Waals surface area (Å²) < 4.78 is 10.4. The van der Waals surface area contributed by atoms with Gasteiger partial charge in [0.2, 0.25) is 0 Å². The number of hydrogen-bond donors (Lipinski definition) is 1. The third-order valence-electron chi connectivity index (χ3n) is 3.70. The van der Waals surface area contributed by atoms with E-state index in [4.69, 9.17) is 9.47 Å². The zero-order valence-electron chi connectivity index (χ0n) is 15.5. The Morgan fingerprint density at radius 3 is 2.25 bits per heavy atom. The lowest BCUT2D eigenvalue weighted by Crippen LogP contribution is -2.37. The van der Waals surface area contributed by atoms with Gasteiger partial charge < -0.3 is 14.8 Å². The van der Waals surface area contributed by atoms with E-state index in [0.29, 0.717) is 42.2 Å². The predicted octanol–water partition coefficient (Wildman–Crippen LogP) is 2.56. The number of nitrogens with one attached hydrogen (secondary N) is 1. The summed E-state index contributed by atoms with van der Waals surface area (Å²) in [5.41, 5.74) is 0.514. The molecule has 0 bridgehead atoms. The monoisotopic (exact) mass is 332 g/mol. The minimum absolute atomic E-state index is 0.185. The van der Waals surface area contributed by atoms with Gasteiger partial charge in [-0.1, -0.05) is 11.8 Å². The van der Waals surface area contributed by atoms with Crippen LogP contribution in [0.15, 0.2) is 18.2 Å². The number of hydrogen-bond acceptors (Lipinski definition) is 4. The lowest BCUT2D eigenvalue weighted by Gasteiger charge is -2.28. The first-order valence-corrected chi connectivity index (χ1v) is 8.12. The highest BCUT2D eigenvalue weighted by atomic mass is 16.5. The Morgan fingerprint density at radius 1 is 1.08 bits per heavy atom. The number of methoxy groups -OCH3 is 2. The normalized spacial score (nSPS) is 10.5. The highest BCUT2D eigenvalue weighted by Gasteiger charge is 2.11. The van der Waals surface area contributed by atoms with E-state index in [-0.39, 0.29) is 5.91 Å². The second kappa shape index (κ2) is 9.84. The van der Waals surface area contributed by atoms with Crippen molar-refractivity contribution in [3.8, 4) is 23.3 Å². The fourth-order valence-electron chi connectivity index (χ4n) is 2.38. The third kappa shape index (κ3) is 5.78. The zero-order valence-corrected chi connectivity index (χ0v) is 15.5. The lowest BCUT2D eigenvalue weighted by molar-refractivity contribution is 0.0958. The molecule has 0 saturated heterocycles. The van der Waals surface area contributed by atoms with Crippen LogP contribution in [0, 0.1) is 11.8 Å². The molecule has 1 amide bonds. The van der Waals surface area contributed by atoms with Crippen LogP contribution in [-0.4, -0.2) is 50.2 Å². The summed E-state index contributed by atoms with van der Waals surface area (Å²) in [5, 5.41) is 2.79. The fourth-order valence-corrected chi connectivity index (χ4v) is 2.38. The minimum atomic E-state index is -0.185. The Labute approximate surface area is 145 Å². The van der Waals surface area contributed by atoms with Crippen LogP contribution in [0.3, 0.4) is 0 Å². The Morgan fingerprint density at radius 2 is 1.71 bits per heavy atom. The molecular formula is C19H28N2O3. The van der Waals surface area contributed by atoms with Gasteiger partial charge in [-0.05, 0) is 45.9 Å². The van der Waals surface area contributed by atoms with Crippen molar-refractivity contribution in [2.24, 2.45) is 0 Å². The summed E-state index contributed by atoms with van der Waals surface area (Å²) in [6, 6.07) is 5.95.